The van der Waals surface area contributed by atoms with Crippen molar-refractivity contribution in [1.29, 1.82) is 0 Å². The van der Waals surface area contributed by atoms with E-state index in [0.29, 0.717) is 25.2 Å². The molecular formula is C14H15NO2. The van der Waals surface area contributed by atoms with Gasteiger partial charge in [-0.25, -0.2) is 0 Å². The number of carbonyl (C=O) groups is 2. The van der Waals surface area contributed by atoms with Gasteiger partial charge in [-0.15, -0.1) is 0 Å². The summed E-state index contributed by atoms with van der Waals surface area (Å²) in [6, 6.07) is 8.05. The molecule has 1 amide bonds. The summed E-state index contributed by atoms with van der Waals surface area (Å²) in [5, 5.41) is 0. The molecule has 17 heavy (non-hydrogen) atoms. The first-order valence-electron chi connectivity index (χ1n) is 6.16. The molecule has 1 heterocycles. The first-order valence-corrected chi connectivity index (χ1v) is 6.16. The van der Waals surface area contributed by atoms with Gasteiger partial charge in [-0.3, -0.25) is 9.59 Å². The SMILES string of the molecule is O=C1CCC(N2Cc3ccccc3C2=O)CC1. The second kappa shape index (κ2) is 3.99. The quantitative estimate of drug-likeness (QED) is 0.740. The van der Waals surface area contributed by atoms with Gasteiger partial charge in [-0.2, -0.15) is 0 Å². The summed E-state index contributed by atoms with van der Waals surface area (Å²) >= 11 is 0. The van der Waals surface area contributed by atoms with Gasteiger partial charge < -0.3 is 4.90 Å². The van der Waals surface area contributed by atoms with Crippen LogP contribution >= 0.6 is 0 Å². The number of amides is 1. The summed E-state index contributed by atoms with van der Waals surface area (Å²) in [4.78, 5) is 25.4. The number of ketones is 1. The summed E-state index contributed by atoms with van der Waals surface area (Å²) < 4.78 is 0. The predicted molar refractivity (Wildman–Crippen MR) is 63.6 cm³/mol. The van der Waals surface area contributed by atoms with E-state index in [0.717, 1.165) is 24.0 Å². The number of carbonyl (C=O) groups excluding carboxylic acids is 2. The van der Waals surface area contributed by atoms with E-state index in [1.165, 1.54) is 0 Å². The zero-order valence-electron chi connectivity index (χ0n) is 9.69. The smallest absolute Gasteiger partial charge is 0.254 e. The van der Waals surface area contributed by atoms with E-state index in [-0.39, 0.29) is 11.9 Å². The van der Waals surface area contributed by atoms with E-state index in [2.05, 4.69) is 0 Å². The molecule has 2 aliphatic rings. The largest absolute Gasteiger partial charge is 0.331 e. The molecule has 1 aromatic carbocycles. The van der Waals surface area contributed by atoms with Gasteiger partial charge in [0.25, 0.3) is 5.91 Å². The van der Waals surface area contributed by atoms with Crippen LogP contribution in [0.3, 0.4) is 0 Å². The molecule has 3 rings (SSSR count). The lowest BCUT2D eigenvalue weighted by Crippen LogP contribution is -2.38. The molecule has 1 fully saturated rings. The van der Waals surface area contributed by atoms with E-state index in [1.807, 2.05) is 29.2 Å². The molecule has 0 atom stereocenters. The van der Waals surface area contributed by atoms with Crippen molar-refractivity contribution in [3.63, 3.8) is 0 Å². The molecule has 0 N–H and O–H groups in total. The molecule has 1 aliphatic heterocycles. The first-order chi connectivity index (χ1) is 8.25. The van der Waals surface area contributed by atoms with Crippen molar-refractivity contribution in [2.24, 2.45) is 0 Å². The van der Waals surface area contributed by atoms with E-state index in [9.17, 15) is 9.59 Å². The van der Waals surface area contributed by atoms with Gasteiger partial charge in [0.2, 0.25) is 0 Å². The number of fused-ring (bicyclic) bond motifs is 1. The third-order valence-corrected chi connectivity index (χ3v) is 3.80. The maximum Gasteiger partial charge on any atom is 0.254 e. The third-order valence-electron chi connectivity index (χ3n) is 3.80. The molecule has 1 saturated carbocycles. The van der Waals surface area contributed by atoms with Crippen LogP contribution in [-0.2, 0) is 11.3 Å². The molecule has 1 aromatic rings. The Labute approximate surface area is 100 Å². The van der Waals surface area contributed by atoms with Crippen molar-refractivity contribution in [2.75, 3.05) is 0 Å². The van der Waals surface area contributed by atoms with Gasteiger partial charge in [0.05, 0.1) is 0 Å². The van der Waals surface area contributed by atoms with Gasteiger partial charge in [0, 0.05) is 31.0 Å². The molecule has 88 valence electrons. The van der Waals surface area contributed by atoms with E-state index in [1.54, 1.807) is 0 Å². The monoisotopic (exact) mass is 229 g/mol. The average Bonchev–Trinajstić information content (AvgIpc) is 2.69. The van der Waals surface area contributed by atoms with Crippen molar-refractivity contribution in [3.8, 4) is 0 Å². The number of nitrogens with zero attached hydrogens (tertiary/aromatic N) is 1. The fourth-order valence-electron chi connectivity index (χ4n) is 2.81. The van der Waals surface area contributed by atoms with E-state index in [4.69, 9.17) is 0 Å². The van der Waals surface area contributed by atoms with Crippen LogP contribution in [0, 0.1) is 0 Å². The van der Waals surface area contributed by atoms with Crippen molar-refractivity contribution in [2.45, 2.75) is 38.3 Å². The number of hydrogen-bond donors (Lipinski definition) is 0. The predicted octanol–water partition coefficient (Wildman–Crippen LogP) is 2.15. The fraction of sp³-hybridized carbons (Fsp3) is 0.429. The molecule has 0 aromatic heterocycles. The lowest BCUT2D eigenvalue weighted by Gasteiger charge is -2.30. The number of Topliss-reactive ketones (excluding diaryl/α,β-unsaturated/α-hetero) is 1. The summed E-state index contributed by atoms with van der Waals surface area (Å²) in [6.07, 6.45) is 2.92. The van der Waals surface area contributed by atoms with Crippen LogP contribution in [-0.4, -0.2) is 22.6 Å². The Balaban J connectivity index is 1.80. The second-order valence-corrected chi connectivity index (χ2v) is 4.86. The molecule has 1 aliphatic carbocycles. The second-order valence-electron chi connectivity index (χ2n) is 4.86. The first kappa shape index (κ1) is 10.5. The highest BCUT2D eigenvalue weighted by molar-refractivity contribution is 5.98. The zero-order chi connectivity index (χ0) is 11.8. The summed E-state index contributed by atoms with van der Waals surface area (Å²) in [5.74, 6) is 0.477. The van der Waals surface area contributed by atoms with Gasteiger partial charge in [0.1, 0.15) is 5.78 Å². The molecular weight excluding hydrogens is 214 g/mol. The topological polar surface area (TPSA) is 37.4 Å². The third kappa shape index (κ3) is 1.75. The van der Waals surface area contributed by atoms with Crippen LogP contribution < -0.4 is 0 Å². The summed E-state index contributed by atoms with van der Waals surface area (Å²) in [7, 11) is 0. The Hall–Kier alpha value is -1.64. The van der Waals surface area contributed by atoms with Crippen molar-refractivity contribution < 1.29 is 9.59 Å². The van der Waals surface area contributed by atoms with Crippen LogP contribution in [0.2, 0.25) is 0 Å². The van der Waals surface area contributed by atoms with Crippen molar-refractivity contribution in [3.05, 3.63) is 35.4 Å². The molecule has 0 radical (unpaired) electrons. The van der Waals surface area contributed by atoms with Crippen LogP contribution in [0.5, 0.6) is 0 Å². The van der Waals surface area contributed by atoms with Gasteiger partial charge in [-0.05, 0) is 24.5 Å². The maximum absolute atomic E-state index is 12.2. The van der Waals surface area contributed by atoms with Crippen LogP contribution in [0.25, 0.3) is 0 Å². The highest BCUT2D eigenvalue weighted by Gasteiger charge is 2.33. The highest BCUT2D eigenvalue weighted by atomic mass is 16.2. The fourth-order valence-corrected chi connectivity index (χ4v) is 2.81. The minimum atomic E-state index is 0.139. The minimum absolute atomic E-state index is 0.139. The Bertz CT molecular complexity index is 471. The van der Waals surface area contributed by atoms with E-state index >= 15 is 0 Å². The van der Waals surface area contributed by atoms with E-state index < -0.39 is 0 Å². The normalized spacial score (nSPS) is 20.8. The number of rotatable bonds is 1. The highest BCUT2D eigenvalue weighted by Crippen LogP contribution is 2.29. The van der Waals surface area contributed by atoms with Crippen molar-refractivity contribution >= 4 is 11.7 Å². The Morgan fingerprint density at radius 2 is 1.76 bits per heavy atom. The van der Waals surface area contributed by atoms with Crippen LogP contribution in [0.4, 0.5) is 0 Å². The molecule has 0 bridgehead atoms. The lowest BCUT2D eigenvalue weighted by atomic mass is 9.93. The summed E-state index contributed by atoms with van der Waals surface area (Å²) in [6.45, 7) is 0.716. The average molecular weight is 229 g/mol. The molecule has 0 spiro atoms. The van der Waals surface area contributed by atoms with Crippen LogP contribution in [0.1, 0.15) is 41.6 Å². The van der Waals surface area contributed by atoms with Crippen LogP contribution in [0.15, 0.2) is 24.3 Å². The zero-order valence-corrected chi connectivity index (χ0v) is 9.69. The molecule has 0 unspecified atom stereocenters. The molecule has 0 saturated heterocycles. The molecule has 3 nitrogen and oxygen atoms in total. The Morgan fingerprint density at radius 3 is 2.47 bits per heavy atom. The minimum Gasteiger partial charge on any atom is -0.331 e. The van der Waals surface area contributed by atoms with Gasteiger partial charge in [0.15, 0.2) is 0 Å². The van der Waals surface area contributed by atoms with Gasteiger partial charge >= 0.3 is 0 Å². The number of benzene rings is 1. The number of hydrogen-bond acceptors (Lipinski definition) is 2. The van der Waals surface area contributed by atoms with Gasteiger partial charge in [-0.1, -0.05) is 18.2 Å². The molecule has 3 heteroatoms. The Kier molecular flexibility index (Phi) is 2.46. The summed E-state index contributed by atoms with van der Waals surface area (Å²) in [5.41, 5.74) is 1.96. The Morgan fingerprint density at radius 1 is 1.06 bits per heavy atom. The van der Waals surface area contributed by atoms with Crippen molar-refractivity contribution in [1.82, 2.24) is 4.90 Å². The standard InChI is InChI=1S/C14H15NO2/c16-12-7-5-11(6-8-12)15-9-10-3-1-2-4-13(10)14(15)17/h1-4,11H,5-9H2. The lowest BCUT2D eigenvalue weighted by molar-refractivity contribution is -0.121. The maximum atomic E-state index is 12.2.